The second kappa shape index (κ2) is 18.1. The van der Waals surface area contributed by atoms with Gasteiger partial charge in [0.15, 0.2) is 9.84 Å². The van der Waals surface area contributed by atoms with Gasteiger partial charge in [-0.25, -0.2) is 13.2 Å². The number of aliphatic hydroxyl groups is 1. The summed E-state index contributed by atoms with van der Waals surface area (Å²) in [6.45, 7) is 4.32. The maximum Gasteiger partial charge on any atom is 0.408 e. The Labute approximate surface area is 267 Å². The molecule has 2 amide bonds. The molecular weight excluding hydrogens is 598 g/mol. The van der Waals surface area contributed by atoms with Gasteiger partial charge in [0.1, 0.15) is 17.9 Å². The van der Waals surface area contributed by atoms with Crippen molar-refractivity contribution in [2.45, 2.75) is 88.5 Å². The zero-order valence-electron chi connectivity index (χ0n) is 26.6. The highest BCUT2D eigenvalue weighted by Gasteiger charge is 2.36. The van der Waals surface area contributed by atoms with Gasteiger partial charge >= 0.3 is 6.09 Å². The van der Waals surface area contributed by atoms with Gasteiger partial charge in [0.2, 0.25) is 5.91 Å². The predicted octanol–water partition coefficient (Wildman–Crippen LogP) is 3.22. The van der Waals surface area contributed by atoms with Crippen LogP contribution in [0.1, 0.15) is 57.1 Å². The van der Waals surface area contributed by atoms with Crippen LogP contribution in [-0.2, 0) is 37.1 Å². The number of hydrogen-bond acceptors (Lipinski definition) is 9. The van der Waals surface area contributed by atoms with E-state index >= 15 is 0 Å². The highest BCUT2D eigenvalue weighted by atomic mass is 32.2. The van der Waals surface area contributed by atoms with Crippen LogP contribution in [0.15, 0.2) is 54.6 Å². The zero-order chi connectivity index (χ0) is 32.8. The number of alkyl carbamates (subject to hydrolysis) is 1. The van der Waals surface area contributed by atoms with Gasteiger partial charge in [-0.2, -0.15) is 0 Å². The molecule has 0 saturated carbocycles. The lowest BCUT2D eigenvalue weighted by Gasteiger charge is -2.32. The van der Waals surface area contributed by atoms with Gasteiger partial charge < -0.3 is 35.3 Å². The van der Waals surface area contributed by atoms with Gasteiger partial charge in [-0.15, -0.1) is 0 Å². The topological polar surface area (TPSA) is 157 Å². The SMILES string of the molecule is CCCC(CCC)S(=O)(=O)CC(NC(=O)O[C@H]1CCOC1)C(=O)N(Cc1cccc(OC)c1)C[C@@H](O)[C@@H](N)Cc1ccccc1. The molecule has 11 nitrogen and oxygen atoms in total. The van der Waals surface area contributed by atoms with Crippen molar-refractivity contribution in [3.05, 3.63) is 65.7 Å². The first-order valence-corrected chi connectivity index (χ1v) is 17.4. The lowest BCUT2D eigenvalue weighted by Crippen LogP contribution is -2.55. The molecule has 1 heterocycles. The number of aliphatic hydroxyl groups excluding tert-OH is 1. The smallest absolute Gasteiger partial charge is 0.408 e. The summed E-state index contributed by atoms with van der Waals surface area (Å²) in [4.78, 5) is 28.6. The van der Waals surface area contributed by atoms with Crippen LogP contribution in [0.3, 0.4) is 0 Å². The van der Waals surface area contributed by atoms with E-state index in [1.54, 1.807) is 24.3 Å². The van der Waals surface area contributed by atoms with Crippen molar-refractivity contribution in [1.82, 2.24) is 10.2 Å². The summed E-state index contributed by atoms with van der Waals surface area (Å²) < 4.78 is 43.4. The number of carbonyl (C=O) groups excluding carboxylic acids is 2. The molecule has 2 aromatic rings. The van der Waals surface area contributed by atoms with Crippen LogP contribution in [0.25, 0.3) is 0 Å². The third-order valence-electron chi connectivity index (χ3n) is 7.92. The fraction of sp³-hybridized carbons (Fsp3) is 0.576. The summed E-state index contributed by atoms with van der Waals surface area (Å²) in [5.41, 5.74) is 8.00. The fourth-order valence-corrected chi connectivity index (χ4v) is 7.60. The van der Waals surface area contributed by atoms with E-state index in [0.717, 1.165) is 5.56 Å². The number of benzene rings is 2. The van der Waals surface area contributed by atoms with Crippen molar-refractivity contribution in [2.24, 2.45) is 5.73 Å². The van der Waals surface area contributed by atoms with Crippen LogP contribution in [0.4, 0.5) is 4.79 Å². The first-order chi connectivity index (χ1) is 21.6. The molecule has 0 radical (unpaired) electrons. The predicted molar refractivity (Wildman–Crippen MR) is 173 cm³/mol. The van der Waals surface area contributed by atoms with E-state index in [1.165, 1.54) is 12.0 Å². The van der Waals surface area contributed by atoms with Gasteiger partial charge in [-0.1, -0.05) is 69.2 Å². The Morgan fingerprint density at radius 3 is 2.40 bits per heavy atom. The molecule has 1 fully saturated rings. The molecule has 4 N–H and O–H groups in total. The third kappa shape index (κ3) is 11.6. The monoisotopic (exact) mass is 647 g/mol. The Balaban J connectivity index is 1.92. The van der Waals surface area contributed by atoms with Gasteiger partial charge in [-0.3, -0.25) is 4.79 Å². The number of amides is 2. The van der Waals surface area contributed by atoms with E-state index < -0.39 is 57.1 Å². The van der Waals surface area contributed by atoms with Crippen LogP contribution in [-0.4, -0.2) is 92.6 Å². The summed E-state index contributed by atoms with van der Waals surface area (Å²) in [6.07, 6.45) is 0.550. The molecule has 3 rings (SSSR count). The molecule has 4 atom stereocenters. The highest BCUT2D eigenvalue weighted by molar-refractivity contribution is 7.92. The Hall–Kier alpha value is -3.19. The Bertz CT molecular complexity index is 1300. The molecule has 1 unspecified atom stereocenters. The number of methoxy groups -OCH3 is 1. The lowest BCUT2D eigenvalue weighted by atomic mass is 10.0. The average molecular weight is 648 g/mol. The number of nitrogens with one attached hydrogen (secondary N) is 1. The largest absolute Gasteiger partial charge is 0.497 e. The van der Waals surface area contributed by atoms with E-state index in [4.69, 9.17) is 19.9 Å². The molecule has 45 heavy (non-hydrogen) atoms. The molecule has 0 bridgehead atoms. The number of nitrogens with zero attached hydrogens (tertiary/aromatic N) is 1. The minimum atomic E-state index is -3.82. The standard InChI is InChI=1S/C33H49N3O8S/c1-4-10-28(11-5-2)45(40,41)23-30(35-33(39)44-27-16-17-43-22-27)32(38)36(20-25-14-9-15-26(18-25)42-3)21-31(37)29(34)19-24-12-7-6-8-13-24/h6-9,12-15,18,27-31,37H,4-5,10-11,16-17,19-23,34H2,1-3H3,(H,35,39)/t27-,29-,30?,31+/m0/s1. The van der Waals surface area contributed by atoms with E-state index in [9.17, 15) is 23.1 Å². The first-order valence-electron chi connectivity index (χ1n) is 15.7. The number of ether oxygens (including phenoxy) is 3. The second-order valence-electron chi connectivity index (χ2n) is 11.6. The number of hydrogen-bond donors (Lipinski definition) is 3. The third-order valence-corrected chi connectivity index (χ3v) is 10.2. The summed E-state index contributed by atoms with van der Waals surface area (Å²) in [6, 6.07) is 14.4. The van der Waals surface area contributed by atoms with Crippen LogP contribution >= 0.6 is 0 Å². The first kappa shape index (κ1) is 36.3. The molecule has 1 saturated heterocycles. The Morgan fingerprint density at radius 2 is 1.78 bits per heavy atom. The van der Waals surface area contributed by atoms with E-state index in [-0.39, 0.29) is 19.7 Å². The van der Waals surface area contributed by atoms with Gasteiger partial charge in [0.25, 0.3) is 0 Å². The molecule has 12 heteroatoms. The lowest BCUT2D eigenvalue weighted by molar-refractivity contribution is -0.135. The molecule has 250 valence electrons. The normalized spacial score (nSPS) is 17.0. The van der Waals surface area contributed by atoms with E-state index in [2.05, 4.69) is 5.32 Å². The maximum absolute atomic E-state index is 14.3. The van der Waals surface area contributed by atoms with Crippen LogP contribution in [0.5, 0.6) is 5.75 Å². The van der Waals surface area contributed by atoms with Crippen LogP contribution in [0, 0.1) is 0 Å². The van der Waals surface area contributed by atoms with Crippen molar-refractivity contribution in [2.75, 3.05) is 32.6 Å². The van der Waals surface area contributed by atoms with Crippen LogP contribution < -0.4 is 15.8 Å². The Morgan fingerprint density at radius 1 is 1.09 bits per heavy atom. The van der Waals surface area contributed by atoms with Crippen molar-refractivity contribution < 1.29 is 37.3 Å². The highest BCUT2D eigenvalue weighted by Crippen LogP contribution is 2.20. The molecule has 1 aliphatic heterocycles. The molecule has 0 aromatic heterocycles. The molecule has 0 aliphatic carbocycles. The molecular formula is C33H49N3O8S. The molecule has 2 aromatic carbocycles. The number of nitrogens with two attached hydrogens (primary N) is 1. The minimum absolute atomic E-state index is 0.0161. The van der Waals surface area contributed by atoms with Gasteiger partial charge in [0.05, 0.1) is 37.4 Å². The number of sulfone groups is 1. The average Bonchev–Trinajstić information content (AvgIpc) is 3.53. The summed E-state index contributed by atoms with van der Waals surface area (Å²) in [5, 5.41) is 13.1. The van der Waals surface area contributed by atoms with Crippen LogP contribution in [0.2, 0.25) is 0 Å². The molecule has 0 spiro atoms. The van der Waals surface area contributed by atoms with Crippen molar-refractivity contribution in [1.29, 1.82) is 0 Å². The number of rotatable bonds is 18. The van der Waals surface area contributed by atoms with Crippen molar-refractivity contribution in [3.8, 4) is 5.75 Å². The van der Waals surface area contributed by atoms with Crippen molar-refractivity contribution >= 4 is 21.8 Å². The fourth-order valence-electron chi connectivity index (χ4n) is 5.45. The quantitative estimate of drug-likeness (QED) is 0.221. The Kier molecular flexibility index (Phi) is 14.6. The summed E-state index contributed by atoms with van der Waals surface area (Å²) in [7, 11) is -2.28. The summed E-state index contributed by atoms with van der Waals surface area (Å²) >= 11 is 0. The zero-order valence-corrected chi connectivity index (χ0v) is 27.4. The minimum Gasteiger partial charge on any atom is -0.497 e. The number of carbonyl (C=O) groups is 2. The molecule has 1 aliphatic rings. The summed E-state index contributed by atoms with van der Waals surface area (Å²) in [5.74, 6) is -0.699. The van der Waals surface area contributed by atoms with E-state index in [1.807, 2.05) is 44.2 Å². The second-order valence-corrected chi connectivity index (χ2v) is 13.9. The van der Waals surface area contributed by atoms with E-state index in [0.29, 0.717) is 56.4 Å². The van der Waals surface area contributed by atoms with Gasteiger partial charge in [-0.05, 0) is 42.5 Å². The van der Waals surface area contributed by atoms with Crippen molar-refractivity contribution in [3.63, 3.8) is 0 Å². The maximum atomic E-state index is 14.3. The van der Waals surface area contributed by atoms with Gasteiger partial charge in [0, 0.05) is 25.6 Å².